The van der Waals surface area contributed by atoms with Crippen LogP contribution in [0.1, 0.15) is 32.6 Å². The first-order valence-electron chi connectivity index (χ1n) is 8.61. The summed E-state index contributed by atoms with van der Waals surface area (Å²) in [6.07, 6.45) is 5.50. The molecule has 2 aliphatic rings. The van der Waals surface area contributed by atoms with Crippen LogP contribution in [0.4, 0.5) is 8.78 Å². The van der Waals surface area contributed by atoms with Crippen LogP contribution in [0.2, 0.25) is 0 Å². The number of benzene rings is 1. The largest absolute Gasteiger partial charge is 0.335 e. The molecule has 0 aliphatic heterocycles. The number of hydrogen-bond donors (Lipinski definition) is 0. The topological polar surface area (TPSA) is 55.2 Å². The number of halogens is 2. The van der Waals surface area contributed by atoms with Crippen LogP contribution in [-0.2, 0) is 11.3 Å². The van der Waals surface area contributed by atoms with Crippen LogP contribution >= 0.6 is 0 Å². The van der Waals surface area contributed by atoms with Gasteiger partial charge in [-0.25, -0.2) is 13.8 Å². The van der Waals surface area contributed by atoms with E-state index in [2.05, 4.69) is 11.9 Å². The third-order valence-corrected chi connectivity index (χ3v) is 5.14. The molecule has 132 valence electrons. The number of amides is 1. The smallest absolute Gasteiger partial charge is 0.261 e. The Balaban J connectivity index is 1.63. The molecule has 0 saturated heterocycles. The lowest BCUT2D eigenvalue weighted by Crippen LogP contribution is -2.44. The van der Waals surface area contributed by atoms with Gasteiger partial charge in [0, 0.05) is 18.2 Å². The van der Waals surface area contributed by atoms with Crippen LogP contribution in [0.3, 0.4) is 0 Å². The zero-order valence-corrected chi connectivity index (χ0v) is 13.9. The van der Waals surface area contributed by atoms with E-state index < -0.39 is 17.2 Å². The Bertz CT molecular complexity index is 903. The lowest BCUT2D eigenvalue weighted by molar-refractivity contribution is -0.135. The summed E-state index contributed by atoms with van der Waals surface area (Å²) in [7, 11) is 0. The molecule has 7 heteroatoms. The molecule has 4 rings (SSSR count). The number of nitrogens with zero attached hydrogens (tertiary/aromatic N) is 3. The first-order valence-corrected chi connectivity index (χ1v) is 8.61. The minimum Gasteiger partial charge on any atom is -0.335 e. The maximum absolute atomic E-state index is 13.4. The van der Waals surface area contributed by atoms with E-state index in [0.717, 1.165) is 37.8 Å². The number of aromatic nitrogens is 2. The molecule has 2 fully saturated rings. The van der Waals surface area contributed by atoms with Crippen molar-refractivity contribution in [1.29, 1.82) is 0 Å². The zero-order chi connectivity index (χ0) is 17.7. The van der Waals surface area contributed by atoms with Gasteiger partial charge < -0.3 is 4.90 Å². The highest BCUT2D eigenvalue weighted by molar-refractivity contribution is 5.79. The van der Waals surface area contributed by atoms with E-state index in [9.17, 15) is 18.4 Å². The van der Waals surface area contributed by atoms with Crippen molar-refractivity contribution in [2.75, 3.05) is 0 Å². The molecular formula is C18H19F2N3O2. The van der Waals surface area contributed by atoms with Crippen molar-refractivity contribution in [2.24, 2.45) is 5.92 Å². The van der Waals surface area contributed by atoms with Crippen LogP contribution in [-0.4, -0.2) is 32.4 Å². The van der Waals surface area contributed by atoms with Gasteiger partial charge in [0.05, 0.1) is 17.2 Å². The Labute approximate surface area is 143 Å². The van der Waals surface area contributed by atoms with Gasteiger partial charge >= 0.3 is 0 Å². The minimum atomic E-state index is -1.10. The summed E-state index contributed by atoms with van der Waals surface area (Å²) in [6, 6.07) is 2.17. The van der Waals surface area contributed by atoms with Gasteiger partial charge in [-0.15, -0.1) is 0 Å². The van der Waals surface area contributed by atoms with Gasteiger partial charge in [-0.2, -0.15) is 0 Å². The SMILES string of the molecule is C[C@H](C1CC1)N(C(=O)Cn1cnc2cc(F)c(F)cc2c1=O)C1CC1. The van der Waals surface area contributed by atoms with Gasteiger partial charge in [0.25, 0.3) is 5.56 Å². The first-order chi connectivity index (χ1) is 12.0. The highest BCUT2D eigenvalue weighted by Crippen LogP contribution is 2.39. The van der Waals surface area contributed by atoms with Crippen molar-refractivity contribution in [3.05, 3.63) is 40.4 Å². The molecule has 1 amide bonds. The third-order valence-electron chi connectivity index (χ3n) is 5.14. The van der Waals surface area contributed by atoms with E-state index in [-0.39, 0.29) is 35.4 Å². The monoisotopic (exact) mass is 347 g/mol. The summed E-state index contributed by atoms with van der Waals surface area (Å²) >= 11 is 0. The van der Waals surface area contributed by atoms with Crippen molar-refractivity contribution < 1.29 is 13.6 Å². The fourth-order valence-electron chi connectivity index (χ4n) is 3.42. The Morgan fingerprint density at radius 1 is 1.28 bits per heavy atom. The molecule has 25 heavy (non-hydrogen) atoms. The number of hydrogen-bond acceptors (Lipinski definition) is 3. The van der Waals surface area contributed by atoms with Crippen molar-refractivity contribution >= 4 is 16.8 Å². The predicted molar refractivity (Wildman–Crippen MR) is 88.0 cm³/mol. The van der Waals surface area contributed by atoms with Crippen molar-refractivity contribution in [2.45, 2.75) is 51.2 Å². The number of fused-ring (bicyclic) bond motifs is 1. The molecule has 2 aliphatic carbocycles. The van der Waals surface area contributed by atoms with E-state index in [0.29, 0.717) is 5.92 Å². The molecule has 0 unspecified atom stereocenters. The summed E-state index contributed by atoms with van der Waals surface area (Å²) in [5, 5.41) is -0.0255. The Kier molecular flexibility index (Phi) is 3.81. The maximum atomic E-state index is 13.4. The second kappa shape index (κ2) is 5.89. The van der Waals surface area contributed by atoms with E-state index >= 15 is 0 Å². The fourth-order valence-corrected chi connectivity index (χ4v) is 3.42. The Hall–Kier alpha value is -2.31. The van der Waals surface area contributed by atoms with E-state index in [1.807, 2.05) is 4.90 Å². The van der Waals surface area contributed by atoms with E-state index in [1.165, 1.54) is 10.9 Å². The summed E-state index contributed by atoms with van der Waals surface area (Å²) in [4.78, 5) is 31.2. The lowest BCUT2D eigenvalue weighted by atomic mass is 10.1. The summed E-state index contributed by atoms with van der Waals surface area (Å²) in [6.45, 7) is 1.93. The standard InChI is InChI=1S/C18H19F2N3O2/c1-10(11-2-3-11)23(12-4-5-12)17(24)8-22-9-21-16-7-15(20)14(19)6-13(16)18(22)25/h6-7,9-12H,2-5,8H2,1H3/t10-/m1/s1. The highest BCUT2D eigenvalue weighted by Gasteiger charge is 2.41. The average Bonchev–Trinajstić information content (AvgIpc) is 3.45. The molecule has 0 radical (unpaired) electrons. The molecule has 0 bridgehead atoms. The second-order valence-electron chi connectivity index (χ2n) is 7.07. The molecule has 2 aromatic rings. The summed E-state index contributed by atoms with van der Waals surface area (Å²) in [5.74, 6) is -1.72. The van der Waals surface area contributed by atoms with Crippen molar-refractivity contribution in [3.8, 4) is 0 Å². The molecule has 0 spiro atoms. The van der Waals surface area contributed by atoms with E-state index in [4.69, 9.17) is 0 Å². The van der Waals surface area contributed by atoms with Gasteiger partial charge in [-0.05, 0) is 44.6 Å². The first kappa shape index (κ1) is 16.2. The summed E-state index contributed by atoms with van der Waals surface area (Å²) < 4.78 is 27.9. The predicted octanol–water partition coefficient (Wildman–Crippen LogP) is 2.46. The van der Waals surface area contributed by atoms with Crippen LogP contribution in [0, 0.1) is 17.6 Å². The highest BCUT2D eigenvalue weighted by atomic mass is 19.2. The molecule has 1 heterocycles. The number of carbonyl (C=O) groups is 1. The van der Waals surface area contributed by atoms with Gasteiger partial charge in [0.1, 0.15) is 6.54 Å². The van der Waals surface area contributed by atoms with Crippen LogP contribution < -0.4 is 5.56 Å². The van der Waals surface area contributed by atoms with Crippen molar-refractivity contribution in [3.63, 3.8) is 0 Å². The normalized spacial score (nSPS) is 18.4. The second-order valence-corrected chi connectivity index (χ2v) is 7.07. The van der Waals surface area contributed by atoms with Gasteiger partial charge in [0.2, 0.25) is 5.91 Å². The molecule has 2 saturated carbocycles. The molecule has 1 atom stereocenters. The minimum absolute atomic E-state index is 0.0255. The molecular weight excluding hydrogens is 328 g/mol. The maximum Gasteiger partial charge on any atom is 0.261 e. The fraction of sp³-hybridized carbons (Fsp3) is 0.500. The van der Waals surface area contributed by atoms with Gasteiger partial charge in [-0.1, -0.05) is 0 Å². The number of carbonyl (C=O) groups excluding carboxylic acids is 1. The van der Waals surface area contributed by atoms with Gasteiger partial charge in [0.15, 0.2) is 11.6 Å². The Morgan fingerprint density at radius 2 is 1.96 bits per heavy atom. The molecule has 1 aromatic heterocycles. The van der Waals surface area contributed by atoms with E-state index in [1.54, 1.807) is 0 Å². The lowest BCUT2D eigenvalue weighted by Gasteiger charge is -2.29. The molecule has 1 aromatic carbocycles. The Morgan fingerprint density at radius 3 is 2.60 bits per heavy atom. The average molecular weight is 347 g/mol. The zero-order valence-electron chi connectivity index (χ0n) is 13.9. The molecule has 0 N–H and O–H groups in total. The summed E-state index contributed by atoms with van der Waals surface area (Å²) in [5.41, 5.74) is -0.454. The van der Waals surface area contributed by atoms with Crippen molar-refractivity contribution in [1.82, 2.24) is 14.5 Å². The van der Waals surface area contributed by atoms with Crippen LogP contribution in [0.15, 0.2) is 23.3 Å². The third kappa shape index (κ3) is 3.03. The van der Waals surface area contributed by atoms with Crippen LogP contribution in [0.5, 0.6) is 0 Å². The van der Waals surface area contributed by atoms with Gasteiger partial charge in [-0.3, -0.25) is 14.2 Å². The number of rotatable bonds is 5. The van der Waals surface area contributed by atoms with Crippen LogP contribution in [0.25, 0.3) is 10.9 Å². The quantitative estimate of drug-likeness (QED) is 0.835. The molecule has 5 nitrogen and oxygen atoms in total.